The van der Waals surface area contributed by atoms with E-state index in [1.165, 1.54) is 4.88 Å². The zero-order valence-corrected chi connectivity index (χ0v) is 12.5. The highest BCUT2D eigenvalue weighted by atomic mass is 79.9. The van der Waals surface area contributed by atoms with E-state index >= 15 is 0 Å². The first-order valence-corrected chi connectivity index (χ1v) is 7.43. The van der Waals surface area contributed by atoms with Crippen LogP contribution in [-0.4, -0.2) is 6.54 Å². The largest absolute Gasteiger partial charge is 0.452 e. The van der Waals surface area contributed by atoms with Crippen LogP contribution in [0.15, 0.2) is 33.4 Å². The van der Waals surface area contributed by atoms with Gasteiger partial charge >= 0.3 is 0 Å². The fraction of sp³-hybridized carbons (Fsp3) is 0.333. The van der Waals surface area contributed by atoms with Crippen LogP contribution in [0.4, 0.5) is 0 Å². The topological polar surface area (TPSA) is 25.2 Å². The van der Waals surface area contributed by atoms with E-state index in [-0.39, 0.29) is 6.04 Å². The number of thiophene rings is 1. The Morgan fingerprint density at radius 1 is 1.41 bits per heavy atom. The maximum atomic E-state index is 5.98. The summed E-state index contributed by atoms with van der Waals surface area (Å²) < 4.78 is 7.17. The highest BCUT2D eigenvalue weighted by molar-refractivity contribution is 9.10. The molecule has 2 aromatic heterocycles. The van der Waals surface area contributed by atoms with E-state index in [1.54, 1.807) is 11.3 Å². The Balaban J connectivity index is 2.24. The van der Waals surface area contributed by atoms with E-state index in [4.69, 9.17) is 16.0 Å². The van der Waals surface area contributed by atoms with Crippen molar-refractivity contribution in [2.75, 3.05) is 6.54 Å². The van der Waals surface area contributed by atoms with E-state index in [2.05, 4.69) is 28.2 Å². The molecule has 92 valence electrons. The lowest BCUT2D eigenvalue weighted by Gasteiger charge is -2.14. The predicted molar refractivity (Wildman–Crippen MR) is 75.9 cm³/mol. The number of hydrogen-bond donors (Lipinski definition) is 1. The van der Waals surface area contributed by atoms with E-state index in [9.17, 15) is 0 Å². The van der Waals surface area contributed by atoms with Crippen LogP contribution < -0.4 is 5.32 Å². The summed E-state index contributed by atoms with van der Waals surface area (Å²) >= 11 is 10.9. The third-order valence-electron chi connectivity index (χ3n) is 2.36. The summed E-state index contributed by atoms with van der Waals surface area (Å²) in [5, 5.41) is 3.47. The first-order valence-electron chi connectivity index (χ1n) is 5.44. The average molecular weight is 335 g/mol. The third kappa shape index (κ3) is 3.35. The summed E-state index contributed by atoms with van der Waals surface area (Å²) in [6, 6.07) is 7.92. The number of rotatable bonds is 5. The van der Waals surface area contributed by atoms with Gasteiger partial charge in [-0.1, -0.05) is 18.5 Å². The van der Waals surface area contributed by atoms with Crippen LogP contribution in [0.2, 0.25) is 4.34 Å². The van der Waals surface area contributed by atoms with Crippen molar-refractivity contribution in [3.05, 3.63) is 43.9 Å². The summed E-state index contributed by atoms with van der Waals surface area (Å²) in [5.41, 5.74) is 0. The molecule has 0 aromatic carbocycles. The fourth-order valence-corrected chi connectivity index (χ4v) is 3.06. The molecule has 0 bridgehead atoms. The van der Waals surface area contributed by atoms with Crippen molar-refractivity contribution in [3.63, 3.8) is 0 Å². The lowest BCUT2D eigenvalue weighted by molar-refractivity contribution is 0.436. The van der Waals surface area contributed by atoms with Crippen LogP contribution in [-0.2, 0) is 0 Å². The minimum Gasteiger partial charge on any atom is -0.452 e. The molecule has 1 N–H and O–H groups in total. The molecule has 1 atom stereocenters. The minimum absolute atomic E-state index is 0.0822. The van der Waals surface area contributed by atoms with Gasteiger partial charge in [-0.25, -0.2) is 0 Å². The molecule has 0 radical (unpaired) electrons. The molecule has 5 heteroatoms. The van der Waals surface area contributed by atoms with Gasteiger partial charge in [0.15, 0.2) is 4.67 Å². The van der Waals surface area contributed by atoms with E-state index < -0.39 is 0 Å². The van der Waals surface area contributed by atoms with E-state index in [0.29, 0.717) is 0 Å². The maximum Gasteiger partial charge on any atom is 0.169 e. The Bertz CT molecular complexity index is 442. The van der Waals surface area contributed by atoms with Crippen LogP contribution in [0.5, 0.6) is 0 Å². The van der Waals surface area contributed by atoms with Gasteiger partial charge in [0.1, 0.15) is 11.8 Å². The van der Waals surface area contributed by atoms with Gasteiger partial charge in [0.2, 0.25) is 0 Å². The second-order valence-electron chi connectivity index (χ2n) is 3.67. The molecule has 0 aliphatic rings. The SMILES string of the molecule is CCCNC(c1ccc(Br)o1)c1ccc(Cl)s1. The van der Waals surface area contributed by atoms with Gasteiger partial charge in [0.25, 0.3) is 0 Å². The molecule has 0 saturated carbocycles. The van der Waals surface area contributed by atoms with Gasteiger partial charge in [-0.15, -0.1) is 11.3 Å². The second-order valence-corrected chi connectivity index (χ2v) is 6.20. The number of hydrogen-bond acceptors (Lipinski definition) is 3. The van der Waals surface area contributed by atoms with Crippen molar-refractivity contribution in [1.82, 2.24) is 5.32 Å². The molecule has 2 rings (SSSR count). The standard InChI is InChI=1S/C12H13BrClNOS/c1-2-7-15-12(8-3-5-10(13)16-8)9-4-6-11(14)17-9/h3-6,12,15H,2,7H2,1H3. The first kappa shape index (κ1) is 13.1. The Morgan fingerprint density at radius 2 is 2.24 bits per heavy atom. The maximum absolute atomic E-state index is 5.98. The lowest BCUT2D eigenvalue weighted by Crippen LogP contribution is -2.21. The van der Waals surface area contributed by atoms with Crippen molar-refractivity contribution < 1.29 is 4.42 Å². The van der Waals surface area contributed by atoms with Crippen molar-refractivity contribution in [2.45, 2.75) is 19.4 Å². The molecule has 0 spiro atoms. The highest BCUT2D eigenvalue weighted by Gasteiger charge is 2.18. The first-order chi connectivity index (χ1) is 8.20. The number of furan rings is 1. The number of halogens is 2. The smallest absolute Gasteiger partial charge is 0.169 e. The molecule has 0 aliphatic carbocycles. The Morgan fingerprint density at radius 3 is 2.76 bits per heavy atom. The van der Waals surface area contributed by atoms with Gasteiger partial charge in [0.05, 0.1) is 4.34 Å². The van der Waals surface area contributed by atoms with Crippen molar-refractivity contribution in [1.29, 1.82) is 0 Å². The molecule has 2 aromatic rings. The molecule has 0 saturated heterocycles. The minimum atomic E-state index is 0.0822. The molecule has 2 heterocycles. The summed E-state index contributed by atoms with van der Waals surface area (Å²) in [4.78, 5) is 1.17. The van der Waals surface area contributed by atoms with Crippen LogP contribution in [0.1, 0.15) is 30.0 Å². The van der Waals surface area contributed by atoms with Gasteiger partial charge in [-0.05, 0) is 53.2 Å². The molecule has 0 amide bonds. The predicted octanol–water partition coefficient (Wildman–Crippen LogP) is 4.85. The molecule has 0 fully saturated rings. The van der Waals surface area contributed by atoms with Crippen molar-refractivity contribution in [3.8, 4) is 0 Å². The van der Waals surface area contributed by atoms with Crippen LogP contribution in [0.25, 0.3) is 0 Å². The molecule has 0 aliphatic heterocycles. The summed E-state index contributed by atoms with van der Waals surface area (Å²) in [7, 11) is 0. The molecule has 1 unspecified atom stereocenters. The Hall–Kier alpha value is -0.290. The molecular weight excluding hydrogens is 322 g/mol. The van der Waals surface area contributed by atoms with Crippen molar-refractivity contribution >= 4 is 38.9 Å². The number of nitrogens with one attached hydrogen (secondary N) is 1. The van der Waals surface area contributed by atoms with E-state index in [1.807, 2.05) is 24.3 Å². The third-order valence-corrected chi connectivity index (χ3v) is 4.08. The summed E-state index contributed by atoms with van der Waals surface area (Å²) in [5.74, 6) is 0.906. The normalized spacial score (nSPS) is 12.9. The summed E-state index contributed by atoms with van der Waals surface area (Å²) in [6.45, 7) is 3.09. The van der Waals surface area contributed by atoms with Gasteiger partial charge < -0.3 is 9.73 Å². The molecule has 17 heavy (non-hydrogen) atoms. The molecular formula is C12H13BrClNOS. The van der Waals surface area contributed by atoms with E-state index in [0.717, 1.165) is 27.7 Å². The van der Waals surface area contributed by atoms with Crippen LogP contribution >= 0.6 is 38.9 Å². The van der Waals surface area contributed by atoms with Crippen LogP contribution in [0.3, 0.4) is 0 Å². The van der Waals surface area contributed by atoms with Gasteiger partial charge in [0, 0.05) is 4.88 Å². The zero-order chi connectivity index (χ0) is 12.3. The highest BCUT2D eigenvalue weighted by Crippen LogP contribution is 2.32. The average Bonchev–Trinajstić information content (AvgIpc) is 2.89. The van der Waals surface area contributed by atoms with Crippen LogP contribution in [0, 0.1) is 0 Å². The zero-order valence-electron chi connectivity index (χ0n) is 9.37. The summed E-state index contributed by atoms with van der Waals surface area (Å²) in [6.07, 6.45) is 1.08. The lowest BCUT2D eigenvalue weighted by atomic mass is 10.2. The van der Waals surface area contributed by atoms with Gasteiger partial charge in [-0.3, -0.25) is 0 Å². The quantitative estimate of drug-likeness (QED) is 0.846. The monoisotopic (exact) mass is 333 g/mol. The fourth-order valence-electron chi connectivity index (χ4n) is 1.60. The Kier molecular flexibility index (Phi) is 4.68. The van der Waals surface area contributed by atoms with Gasteiger partial charge in [-0.2, -0.15) is 0 Å². The Labute approximate surface area is 118 Å². The van der Waals surface area contributed by atoms with Crippen molar-refractivity contribution in [2.24, 2.45) is 0 Å². The second kappa shape index (κ2) is 6.05. The molecule has 2 nitrogen and oxygen atoms in total.